The van der Waals surface area contributed by atoms with Crippen molar-refractivity contribution in [3.63, 3.8) is 0 Å². The van der Waals surface area contributed by atoms with Gasteiger partial charge in [-0.2, -0.15) is 0 Å². The molecular weight excluding hydrogens is 110 g/mol. The zero-order chi connectivity index (χ0) is 5.28. The van der Waals surface area contributed by atoms with Crippen LogP contribution in [0.2, 0.25) is 0 Å². The fourth-order valence-electron chi connectivity index (χ4n) is 0.496. The van der Waals surface area contributed by atoms with E-state index in [1.807, 2.05) is 0 Å². The van der Waals surface area contributed by atoms with E-state index in [1.54, 1.807) is 0 Å². The summed E-state index contributed by atoms with van der Waals surface area (Å²) in [5.41, 5.74) is 6.97. The van der Waals surface area contributed by atoms with Gasteiger partial charge < -0.3 is 0 Å². The molecule has 0 spiro atoms. The van der Waals surface area contributed by atoms with Crippen LogP contribution in [0.4, 0.5) is 0 Å². The van der Waals surface area contributed by atoms with E-state index in [0.29, 0.717) is 0 Å². The number of thioether (sulfide) groups is 1. The van der Waals surface area contributed by atoms with E-state index in [1.165, 1.54) is 11.8 Å². The number of nitrogens with one attached hydrogen (secondary N) is 1. The molecule has 0 bridgehead atoms. The summed E-state index contributed by atoms with van der Waals surface area (Å²) in [6.45, 7) is 0. The van der Waals surface area contributed by atoms with E-state index in [-0.39, 0.29) is 5.12 Å². The van der Waals surface area contributed by atoms with Crippen LogP contribution >= 0.6 is 11.8 Å². The molecule has 7 heavy (non-hydrogen) atoms. The minimum absolute atomic E-state index is 0.0417. The van der Waals surface area contributed by atoms with Gasteiger partial charge in [0.25, 0.3) is 0 Å². The summed E-state index contributed by atoms with van der Waals surface area (Å²) >= 11 is 1.28. The molecule has 1 aliphatic heterocycles. The molecule has 3 heteroatoms. The van der Waals surface area contributed by atoms with Gasteiger partial charge >= 0.3 is 0 Å². The molecule has 0 aromatic rings. The lowest BCUT2D eigenvalue weighted by Gasteiger charge is -1.88. The van der Waals surface area contributed by atoms with Crippen LogP contribution in [0.15, 0.2) is 0 Å². The van der Waals surface area contributed by atoms with Gasteiger partial charge in [0.15, 0.2) is 0 Å². The van der Waals surface area contributed by atoms with E-state index in [2.05, 4.69) is 0 Å². The number of carbonyl (C=O) groups excluding carboxylic acids is 1. The standard InChI is InChI=1S/C4H6NOS/c5-3-1-2-7-4(3)6/h3,5H,1-2H2. The Labute approximate surface area is 46.5 Å². The van der Waals surface area contributed by atoms with Crippen molar-refractivity contribution in [2.45, 2.75) is 12.5 Å². The molecular formula is C4H6NOS. The fraction of sp³-hybridized carbons (Fsp3) is 0.750. The van der Waals surface area contributed by atoms with Gasteiger partial charge in [0.2, 0.25) is 5.12 Å². The van der Waals surface area contributed by atoms with Gasteiger partial charge in [0, 0.05) is 5.75 Å². The summed E-state index contributed by atoms with van der Waals surface area (Å²) in [7, 11) is 0. The second-order valence-electron chi connectivity index (χ2n) is 1.51. The highest BCUT2D eigenvalue weighted by Crippen LogP contribution is 2.17. The first-order valence-electron chi connectivity index (χ1n) is 2.18. The van der Waals surface area contributed by atoms with E-state index >= 15 is 0 Å². The third-order valence-electron chi connectivity index (χ3n) is 0.935. The molecule has 0 aromatic heterocycles. The zero-order valence-electron chi connectivity index (χ0n) is 3.81. The topological polar surface area (TPSA) is 40.9 Å². The summed E-state index contributed by atoms with van der Waals surface area (Å²) in [6, 6.07) is -0.412. The van der Waals surface area contributed by atoms with Gasteiger partial charge in [0.05, 0.1) is 6.04 Å². The molecule has 39 valence electrons. The Morgan fingerprint density at radius 3 is 2.71 bits per heavy atom. The van der Waals surface area contributed by atoms with Crippen LogP contribution < -0.4 is 5.73 Å². The summed E-state index contributed by atoms with van der Waals surface area (Å²) in [5, 5.41) is 0.0417. The average molecular weight is 116 g/mol. The second kappa shape index (κ2) is 1.84. The van der Waals surface area contributed by atoms with Crippen molar-refractivity contribution < 1.29 is 4.79 Å². The molecule has 0 saturated carbocycles. The van der Waals surface area contributed by atoms with Crippen molar-refractivity contribution in [2.24, 2.45) is 0 Å². The molecule has 1 saturated heterocycles. The minimum atomic E-state index is -0.412. The Balaban J connectivity index is 2.48. The van der Waals surface area contributed by atoms with Gasteiger partial charge in [-0.1, -0.05) is 11.8 Å². The molecule has 1 radical (unpaired) electrons. The van der Waals surface area contributed by atoms with Crippen LogP contribution in [-0.4, -0.2) is 16.9 Å². The highest BCUT2D eigenvalue weighted by Gasteiger charge is 2.20. The number of carbonyl (C=O) groups is 1. The summed E-state index contributed by atoms with van der Waals surface area (Å²) in [6.07, 6.45) is 0.753. The SMILES string of the molecule is [NH]C1CCSC1=O. The Morgan fingerprint density at radius 1 is 1.86 bits per heavy atom. The van der Waals surface area contributed by atoms with Crippen molar-refractivity contribution in [2.75, 3.05) is 5.75 Å². The van der Waals surface area contributed by atoms with E-state index in [9.17, 15) is 4.79 Å². The van der Waals surface area contributed by atoms with E-state index in [4.69, 9.17) is 5.73 Å². The smallest absolute Gasteiger partial charge is 0.207 e. The number of rotatable bonds is 0. The lowest BCUT2D eigenvalue weighted by Crippen LogP contribution is -2.11. The first-order valence-corrected chi connectivity index (χ1v) is 3.17. The van der Waals surface area contributed by atoms with Gasteiger partial charge in [-0.05, 0) is 6.42 Å². The molecule has 1 aliphatic rings. The number of hydrogen-bond donors (Lipinski definition) is 0. The van der Waals surface area contributed by atoms with Crippen molar-refractivity contribution in [1.29, 1.82) is 0 Å². The molecule has 1 unspecified atom stereocenters. The largest absolute Gasteiger partial charge is 0.285 e. The van der Waals surface area contributed by atoms with Gasteiger partial charge in [-0.25, -0.2) is 5.73 Å². The quantitative estimate of drug-likeness (QED) is 0.456. The molecule has 1 atom stereocenters. The van der Waals surface area contributed by atoms with Crippen molar-refractivity contribution in [1.82, 2.24) is 5.73 Å². The van der Waals surface area contributed by atoms with Crippen LogP contribution in [-0.2, 0) is 4.79 Å². The average Bonchev–Trinajstić information content (AvgIpc) is 1.91. The number of hydrogen-bond acceptors (Lipinski definition) is 2. The van der Waals surface area contributed by atoms with Crippen molar-refractivity contribution >= 4 is 16.9 Å². The van der Waals surface area contributed by atoms with Crippen molar-refractivity contribution in [3.05, 3.63) is 0 Å². The Hall–Kier alpha value is -0.0200. The summed E-state index contributed by atoms with van der Waals surface area (Å²) in [4.78, 5) is 10.3. The Morgan fingerprint density at radius 2 is 2.57 bits per heavy atom. The molecule has 0 aliphatic carbocycles. The van der Waals surface area contributed by atoms with Crippen molar-refractivity contribution in [3.8, 4) is 0 Å². The molecule has 1 heterocycles. The van der Waals surface area contributed by atoms with Crippen LogP contribution in [0.25, 0.3) is 0 Å². The van der Waals surface area contributed by atoms with Crippen LogP contribution in [0, 0.1) is 0 Å². The molecule has 1 rings (SSSR count). The maximum atomic E-state index is 10.3. The Bertz CT molecular complexity index is 93.7. The third-order valence-corrected chi connectivity index (χ3v) is 1.94. The fourth-order valence-corrected chi connectivity index (χ4v) is 1.37. The summed E-state index contributed by atoms with van der Waals surface area (Å²) in [5.74, 6) is 0.854. The molecule has 2 nitrogen and oxygen atoms in total. The van der Waals surface area contributed by atoms with Crippen LogP contribution in [0.5, 0.6) is 0 Å². The highest BCUT2D eigenvalue weighted by atomic mass is 32.2. The monoisotopic (exact) mass is 116 g/mol. The maximum Gasteiger partial charge on any atom is 0.207 e. The Kier molecular flexibility index (Phi) is 1.35. The highest BCUT2D eigenvalue weighted by molar-refractivity contribution is 8.14. The van der Waals surface area contributed by atoms with E-state index < -0.39 is 6.04 Å². The molecule has 0 amide bonds. The predicted molar refractivity (Wildman–Crippen MR) is 29.0 cm³/mol. The van der Waals surface area contributed by atoms with Gasteiger partial charge in [-0.3, -0.25) is 4.79 Å². The minimum Gasteiger partial charge on any atom is -0.285 e. The molecule has 1 fully saturated rings. The lowest BCUT2D eigenvalue weighted by atomic mass is 10.3. The van der Waals surface area contributed by atoms with Crippen LogP contribution in [0.3, 0.4) is 0 Å². The van der Waals surface area contributed by atoms with Gasteiger partial charge in [-0.15, -0.1) is 0 Å². The third kappa shape index (κ3) is 0.951. The summed E-state index contributed by atoms with van der Waals surface area (Å²) < 4.78 is 0. The first-order chi connectivity index (χ1) is 3.30. The first kappa shape index (κ1) is 5.12. The lowest BCUT2D eigenvalue weighted by molar-refractivity contribution is -0.111. The second-order valence-corrected chi connectivity index (χ2v) is 2.61. The maximum absolute atomic E-state index is 10.3. The van der Waals surface area contributed by atoms with E-state index in [0.717, 1.165) is 12.2 Å². The molecule has 0 aromatic carbocycles. The zero-order valence-corrected chi connectivity index (χ0v) is 4.62. The van der Waals surface area contributed by atoms with Gasteiger partial charge in [0.1, 0.15) is 0 Å². The predicted octanol–water partition coefficient (Wildman–Crippen LogP) is 0.301. The normalized spacial score (nSPS) is 31.6. The van der Waals surface area contributed by atoms with Crippen LogP contribution in [0.1, 0.15) is 6.42 Å². The molecule has 1 N–H and O–H groups in total.